The molecule has 0 amide bonds. The zero-order valence-electron chi connectivity index (χ0n) is 6.39. The third-order valence-electron chi connectivity index (χ3n) is 1.27. The van der Waals surface area contributed by atoms with E-state index >= 15 is 0 Å². The average molecular weight is 175 g/mol. The van der Waals surface area contributed by atoms with Crippen molar-refractivity contribution in [2.24, 2.45) is 11.1 Å². The highest BCUT2D eigenvalue weighted by atomic mass is 16.4. The second kappa shape index (κ2) is 4.32. The first-order chi connectivity index (χ1) is 5.49. The Morgan fingerprint density at radius 2 is 1.92 bits per heavy atom. The van der Waals surface area contributed by atoms with Crippen molar-refractivity contribution in [1.82, 2.24) is 0 Å². The van der Waals surface area contributed by atoms with Crippen LogP contribution in [0.15, 0.2) is 5.16 Å². The van der Waals surface area contributed by atoms with Crippen LogP contribution in [-0.2, 0) is 9.59 Å². The Hall–Kier alpha value is -1.59. The first-order valence-electron chi connectivity index (χ1n) is 3.16. The maximum absolute atomic E-state index is 10.3. The van der Waals surface area contributed by atoms with E-state index in [1.807, 2.05) is 0 Å². The molecule has 1 unspecified atom stereocenters. The van der Waals surface area contributed by atoms with Crippen LogP contribution in [0.3, 0.4) is 0 Å². The monoisotopic (exact) mass is 175 g/mol. The molecule has 0 radical (unpaired) electrons. The van der Waals surface area contributed by atoms with E-state index in [9.17, 15) is 9.59 Å². The molecule has 0 bridgehead atoms. The number of carboxylic acids is 2. The molecule has 0 saturated heterocycles. The van der Waals surface area contributed by atoms with Gasteiger partial charge in [-0.1, -0.05) is 12.1 Å². The first kappa shape index (κ1) is 10.4. The molecule has 0 aliphatic carbocycles. The molecule has 0 rings (SSSR count). The molecule has 0 aromatic heterocycles. The number of aliphatic carboxylic acids is 2. The third-order valence-corrected chi connectivity index (χ3v) is 1.27. The number of rotatable bonds is 4. The van der Waals surface area contributed by atoms with Gasteiger partial charge in [0, 0.05) is 5.92 Å². The SMILES string of the molecule is CC(CC(=O)O)C(=NO)C(=O)O. The maximum atomic E-state index is 10.3. The summed E-state index contributed by atoms with van der Waals surface area (Å²) in [5.41, 5.74) is -0.544. The maximum Gasteiger partial charge on any atom is 0.353 e. The molecule has 0 aliphatic rings. The Morgan fingerprint density at radius 1 is 1.42 bits per heavy atom. The fourth-order valence-electron chi connectivity index (χ4n) is 0.711. The van der Waals surface area contributed by atoms with Crippen LogP contribution in [0.2, 0.25) is 0 Å². The van der Waals surface area contributed by atoms with Gasteiger partial charge in [-0.2, -0.15) is 0 Å². The standard InChI is InChI=1S/C6H9NO5/c1-3(2-4(8)9)5(7-12)6(10)11/h3,12H,2H2,1H3,(H,8,9)(H,10,11). The van der Waals surface area contributed by atoms with Gasteiger partial charge in [0.2, 0.25) is 0 Å². The van der Waals surface area contributed by atoms with Crippen LogP contribution >= 0.6 is 0 Å². The van der Waals surface area contributed by atoms with Gasteiger partial charge in [0.25, 0.3) is 0 Å². The molecule has 0 aliphatic heterocycles. The average Bonchev–Trinajstić information content (AvgIpc) is 1.85. The summed E-state index contributed by atoms with van der Waals surface area (Å²) in [6.45, 7) is 1.36. The lowest BCUT2D eigenvalue weighted by atomic mass is 10.0. The van der Waals surface area contributed by atoms with E-state index in [0.29, 0.717) is 0 Å². The summed E-state index contributed by atoms with van der Waals surface area (Å²) in [4.78, 5) is 20.4. The largest absolute Gasteiger partial charge is 0.481 e. The van der Waals surface area contributed by atoms with Crippen molar-refractivity contribution in [2.45, 2.75) is 13.3 Å². The summed E-state index contributed by atoms with van der Waals surface area (Å²) in [5, 5.41) is 27.3. The Balaban J connectivity index is 4.34. The zero-order valence-corrected chi connectivity index (χ0v) is 6.39. The molecule has 0 aromatic carbocycles. The van der Waals surface area contributed by atoms with Gasteiger partial charge in [0.15, 0.2) is 5.71 Å². The highest BCUT2D eigenvalue weighted by molar-refractivity contribution is 6.36. The molecule has 6 nitrogen and oxygen atoms in total. The summed E-state index contributed by atoms with van der Waals surface area (Å²) in [6, 6.07) is 0. The molecule has 0 aromatic rings. The number of oxime groups is 1. The fraction of sp³-hybridized carbons (Fsp3) is 0.500. The van der Waals surface area contributed by atoms with Crippen molar-refractivity contribution in [3.05, 3.63) is 0 Å². The van der Waals surface area contributed by atoms with Crippen molar-refractivity contribution in [2.75, 3.05) is 0 Å². The number of nitrogens with zero attached hydrogens (tertiary/aromatic N) is 1. The Labute approximate surface area is 68.1 Å². The van der Waals surface area contributed by atoms with Crippen LogP contribution in [0, 0.1) is 5.92 Å². The third kappa shape index (κ3) is 3.00. The summed E-state index contributed by atoms with van der Waals surface area (Å²) >= 11 is 0. The zero-order chi connectivity index (χ0) is 9.72. The predicted octanol–water partition coefficient (Wildman–Crippen LogP) is 0.0120. The molecule has 0 spiro atoms. The van der Waals surface area contributed by atoms with Crippen molar-refractivity contribution >= 4 is 17.7 Å². The highest BCUT2D eigenvalue weighted by Gasteiger charge is 2.21. The summed E-state index contributed by atoms with van der Waals surface area (Å²) in [6.07, 6.45) is -0.369. The van der Waals surface area contributed by atoms with Gasteiger partial charge in [-0.05, 0) is 0 Å². The smallest absolute Gasteiger partial charge is 0.353 e. The van der Waals surface area contributed by atoms with E-state index in [1.165, 1.54) is 6.92 Å². The molecule has 3 N–H and O–H groups in total. The van der Waals surface area contributed by atoms with Crippen molar-refractivity contribution in [3.8, 4) is 0 Å². The number of carboxylic acid groups (broad SMARTS) is 2. The number of hydrogen-bond acceptors (Lipinski definition) is 4. The number of hydrogen-bond donors (Lipinski definition) is 3. The van der Waals surface area contributed by atoms with Crippen LogP contribution in [0.4, 0.5) is 0 Å². The Bertz CT molecular complexity index is 222. The Morgan fingerprint density at radius 3 is 2.17 bits per heavy atom. The van der Waals surface area contributed by atoms with Crippen LogP contribution in [0.5, 0.6) is 0 Å². The minimum absolute atomic E-state index is 0.369. The van der Waals surface area contributed by atoms with E-state index in [-0.39, 0.29) is 6.42 Å². The lowest BCUT2D eigenvalue weighted by Gasteiger charge is -2.05. The summed E-state index contributed by atoms with van der Waals surface area (Å²) < 4.78 is 0. The second-order valence-electron chi connectivity index (χ2n) is 2.29. The predicted molar refractivity (Wildman–Crippen MR) is 38.3 cm³/mol. The van der Waals surface area contributed by atoms with E-state index in [0.717, 1.165) is 0 Å². The molecule has 12 heavy (non-hydrogen) atoms. The minimum atomic E-state index is -1.41. The molecule has 1 atom stereocenters. The van der Waals surface area contributed by atoms with Gasteiger partial charge in [-0.15, -0.1) is 0 Å². The van der Waals surface area contributed by atoms with Crippen LogP contribution in [0.25, 0.3) is 0 Å². The van der Waals surface area contributed by atoms with Crippen LogP contribution < -0.4 is 0 Å². The van der Waals surface area contributed by atoms with E-state index < -0.39 is 23.6 Å². The minimum Gasteiger partial charge on any atom is -0.481 e. The second-order valence-corrected chi connectivity index (χ2v) is 2.29. The normalized spacial score (nSPS) is 13.9. The molecular weight excluding hydrogens is 166 g/mol. The van der Waals surface area contributed by atoms with E-state index in [1.54, 1.807) is 0 Å². The van der Waals surface area contributed by atoms with Crippen LogP contribution in [0.1, 0.15) is 13.3 Å². The van der Waals surface area contributed by atoms with Gasteiger partial charge < -0.3 is 15.4 Å². The molecule has 0 saturated carbocycles. The molecule has 68 valence electrons. The van der Waals surface area contributed by atoms with Gasteiger partial charge in [0.1, 0.15) is 0 Å². The highest BCUT2D eigenvalue weighted by Crippen LogP contribution is 2.04. The quantitative estimate of drug-likeness (QED) is 0.317. The van der Waals surface area contributed by atoms with Crippen molar-refractivity contribution in [3.63, 3.8) is 0 Å². The molecule has 0 fully saturated rings. The molecule has 0 heterocycles. The first-order valence-corrected chi connectivity index (χ1v) is 3.16. The Kier molecular flexibility index (Phi) is 3.75. The van der Waals surface area contributed by atoms with Crippen molar-refractivity contribution in [1.29, 1.82) is 0 Å². The topological polar surface area (TPSA) is 107 Å². The lowest BCUT2D eigenvalue weighted by Crippen LogP contribution is -2.23. The lowest BCUT2D eigenvalue weighted by molar-refractivity contribution is -0.137. The van der Waals surface area contributed by atoms with Crippen molar-refractivity contribution < 1.29 is 25.0 Å². The van der Waals surface area contributed by atoms with E-state index in [4.69, 9.17) is 15.4 Å². The fourth-order valence-corrected chi connectivity index (χ4v) is 0.711. The number of carbonyl (C=O) groups is 2. The van der Waals surface area contributed by atoms with Gasteiger partial charge in [0.05, 0.1) is 6.42 Å². The van der Waals surface area contributed by atoms with Gasteiger partial charge in [-0.3, -0.25) is 4.79 Å². The molecule has 6 heteroatoms. The summed E-state index contributed by atoms with van der Waals surface area (Å²) in [5.74, 6) is -3.35. The molecular formula is C6H9NO5. The van der Waals surface area contributed by atoms with Gasteiger partial charge in [-0.25, -0.2) is 4.79 Å². The van der Waals surface area contributed by atoms with E-state index in [2.05, 4.69) is 5.16 Å². The summed E-state index contributed by atoms with van der Waals surface area (Å²) in [7, 11) is 0. The van der Waals surface area contributed by atoms with Crippen LogP contribution in [-0.4, -0.2) is 33.1 Å². The van der Waals surface area contributed by atoms with Gasteiger partial charge >= 0.3 is 11.9 Å².